The van der Waals surface area contributed by atoms with Gasteiger partial charge >= 0.3 is 12.1 Å². The van der Waals surface area contributed by atoms with Gasteiger partial charge in [-0.25, -0.2) is 13.6 Å². The first-order valence-corrected chi connectivity index (χ1v) is 19.1. The zero-order valence-electron chi connectivity index (χ0n) is 30.6. The Labute approximate surface area is 313 Å². The number of hydrogen-bond donors (Lipinski definition) is 0. The van der Waals surface area contributed by atoms with E-state index in [0.29, 0.717) is 63.3 Å². The molecule has 3 aromatic carbocycles. The second-order valence-corrected chi connectivity index (χ2v) is 15.4. The van der Waals surface area contributed by atoms with E-state index < -0.39 is 6.17 Å². The smallest absolute Gasteiger partial charge is 0.410 e. The molecule has 6 heterocycles. The van der Waals surface area contributed by atoms with Crippen LogP contribution in [0.2, 0.25) is 0 Å². The summed E-state index contributed by atoms with van der Waals surface area (Å²) in [5.74, 6) is 0.858. The minimum atomic E-state index is -0.864. The molecule has 0 N–H and O–H groups in total. The summed E-state index contributed by atoms with van der Waals surface area (Å²) in [6.45, 7) is 4.21. The van der Waals surface area contributed by atoms with Crippen molar-refractivity contribution in [1.82, 2.24) is 19.8 Å². The van der Waals surface area contributed by atoms with Crippen molar-refractivity contribution < 1.29 is 32.5 Å². The number of fused-ring (bicyclic) bond motifs is 5. The molecule has 2 unspecified atom stereocenters. The maximum absolute atomic E-state index is 15.8. The number of carbonyl (C=O) groups excluding carboxylic acids is 1. The van der Waals surface area contributed by atoms with Crippen LogP contribution >= 0.6 is 0 Å². The number of piperazine rings is 1. The van der Waals surface area contributed by atoms with Crippen molar-refractivity contribution >= 4 is 28.4 Å². The molecule has 5 aliphatic rings. The molecule has 0 spiro atoms. The number of amides is 1. The molecule has 11 nitrogen and oxygen atoms in total. The van der Waals surface area contributed by atoms with Crippen LogP contribution in [0.1, 0.15) is 48.9 Å². The Hall–Kier alpha value is -4.75. The third-order valence-corrected chi connectivity index (χ3v) is 12.0. The minimum Gasteiger partial charge on any atom is -0.467 e. The third-order valence-electron chi connectivity index (χ3n) is 12.0. The number of aromatic nitrogens is 2. The Bertz CT molecular complexity index is 2010. The summed E-state index contributed by atoms with van der Waals surface area (Å²) in [5, 5.41) is 1.25. The van der Waals surface area contributed by atoms with Crippen molar-refractivity contribution in [2.75, 3.05) is 63.0 Å². The van der Waals surface area contributed by atoms with Gasteiger partial charge < -0.3 is 28.7 Å². The normalized spacial score (nSPS) is 24.9. The molecule has 1 amide bonds. The van der Waals surface area contributed by atoms with E-state index in [4.69, 9.17) is 28.9 Å². The largest absolute Gasteiger partial charge is 0.467 e. The molecule has 4 saturated heterocycles. The second-order valence-electron chi connectivity index (χ2n) is 15.4. The van der Waals surface area contributed by atoms with Gasteiger partial charge in [0.2, 0.25) is 0 Å². The predicted octanol–water partition coefficient (Wildman–Crippen LogP) is 6.26. The first kappa shape index (κ1) is 35.0. The van der Waals surface area contributed by atoms with Crippen LogP contribution in [0.3, 0.4) is 0 Å². The highest BCUT2D eigenvalue weighted by molar-refractivity contribution is 5.96. The standard InChI is InChI=1S/C41H46F2N6O5/c1-51-26-54-32-17-28-9-5-10-36(37(28)34(43)18-32)46-16-13-33-35(23-46)44-39(53-25-41-14-6-15-48(41)20-29(42)19-41)45-38(33)47-21-30-11-12-31(22-47)49(30)40(50)52-24-27-7-3-2-4-8-27/h2-5,7-10,17-18,29-31H,6,11-16,19-26H2,1H3/t29-,30?,31?,41+/m1/s1. The molecular weight excluding hydrogens is 694 g/mol. The zero-order chi connectivity index (χ0) is 36.8. The van der Waals surface area contributed by atoms with Crippen molar-refractivity contribution in [2.45, 2.75) is 75.5 Å². The average Bonchev–Trinajstić information content (AvgIpc) is 3.81. The average molecular weight is 741 g/mol. The number of halogens is 2. The maximum Gasteiger partial charge on any atom is 0.410 e. The number of ether oxygens (including phenoxy) is 4. The molecule has 0 radical (unpaired) electrons. The number of hydrogen-bond acceptors (Lipinski definition) is 10. The lowest BCUT2D eigenvalue weighted by Crippen LogP contribution is -2.56. The summed E-state index contributed by atoms with van der Waals surface area (Å²) in [6.07, 6.45) is 3.64. The van der Waals surface area contributed by atoms with E-state index in [2.05, 4.69) is 14.7 Å². The molecule has 0 aliphatic carbocycles. The van der Waals surface area contributed by atoms with Crippen molar-refractivity contribution in [3.05, 3.63) is 83.3 Å². The van der Waals surface area contributed by atoms with Crippen LogP contribution in [0, 0.1) is 5.82 Å². The van der Waals surface area contributed by atoms with E-state index >= 15 is 4.39 Å². The fourth-order valence-corrected chi connectivity index (χ4v) is 9.54. The minimum absolute atomic E-state index is 0.00979. The quantitative estimate of drug-likeness (QED) is 0.174. The maximum atomic E-state index is 15.8. The van der Waals surface area contributed by atoms with Gasteiger partial charge in [0.15, 0.2) is 6.79 Å². The highest BCUT2D eigenvalue weighted by Crippen LogP contribution is 2.42. The monoisotopic (exact) mass is 740 g/mol. The topological polar surface area (TPSA) is 92.7 Å². The summed E-state index contributed by atoms with van der Waals surface area (Å²) in [7, 11) is 1.53. The lowest BCUT2D eigenvalue weighted by Gasteiger charge is -2.42. The van der Waals surface area contributed by atoms with Gasteiger partial charge in [0.1, 0.15) is 36.8 Å². The molecule has 1 aromatic heterocycles. The molecule has 9 rings (SSSR count). The Morgan fingerprint density at radius 1 is 0.963 bits per heavy atom. The fourth-order valence-electron chi connectivity index (χ4n) is 9.54. The van der Waals surface area contributed by atoms with Gasteiger partial charge in [0.25, 0.3) is 0 Å². The van der Waals surface area contributed by atoms with E-state index in [0.717, 1.165) is 65.9 Å². The number of methoxy groups -OCH3 is 1. The highest BCUT2D eigenvalue weighted by Gasteiger charge is 2.50. The number of alkyl halides is 1. The van der Waals surface area contributed by atoms with Crippen LogP contribution in [0.15, 0.2) is 60.7 Å². The molecular formula is C41H46F2N6O5. The Morgan fingerprint density at radius 2 is 1.80 bits per heavy atom. The van der Waals surface area contributed by atoms with Gasteiger partial charge in [0.05, 0.1) is 29.9 Å². The van der Waals surface area contributed by atoms with Crippen molar-refractivity contribution in [1.29, 1.82) is 0 Å². The van der Waals surface area contributed by atoms with Gasteiger partial charge in [-0.15, -0.1) is 0 Å². The SMILES string of the molecule is COCOc1cc(F)c2c(N3CCc4c(nc(OC[C@@]56CCCN5C[C@H](F)C6)nc4N4CC5CCC(C4)N5C(=O)OCc4ccccc4)C3)cccc2c1. The first-order chi connectivity index (χ1) is 26.4. The summed E-state index contributed by atoms with van der Waals surface area (Å²) in [4.78, 5) is 32.1. The summed E-state index contributed by atoms with van der Waals surface area (Å²) in [6, 6.07) is 19.0. The van der Waals surface area contributed by atoms with Gasteiger partial charge in [0, 0.05) is 62.4 Å². The van der Waals surface area contributed by atoms with Crippen LogP contribution < -0.4 is 19.3 Å². The molecule has 4 fully saturated rings. The van der Waals surface area contributed by atoms with Gasteiger partial charge in [-0.05, 0) is 61.7 Å². The van der Waals surface area contributed by atoms with Crippen molar-refractivity contribution in [3.8, 4) is 11.8 Å². The molecule has 284 valence electrons. The fraction of sp³-hybridized carbons (Fsp3) is 0.488. The van der Waals surface area contributed by atoms with Crippen LogP contribution in [-0.4, -0.2) is 103 Å². The lowest BCUT2D eigenvalue weighted by molar-refractivity contribution is 0.0510. The van der Waals surface area contributed by atoms with E-state index in [9.17, 15) is 9.18 Å². The lowest BCUT2D eigenvalue weighted by atomic mass is 9.95. The number of rotatable bonds is 10. The summed E-state index contributed by atoms with van der Waals surface area (Å²) >= 11 is 0. The molecule has 54 heavy (non-hydrogen) atoms. The van der Waals surface area contributed by atoms with E-state index in [1.807, 2.05) is 59.5 Å². The number of carbonyl (C=O) groups is 1. The van der Waals surface area contributed by atoms with Gasteiger partial charge in [-0.2, -0.15) is 9.97 Å². The Balaban J connectivity index is 1.00. The highest BCUT2D eigenvalue weighted by atomic mass is 19.1. The van der Waals surface area contributed by atoms with Crippen LogP contribution in [-0.2, 0) is 29.0 Å². The van der Waals surface area contributed by atoms with Gasteiger partial charge in [-0.1, -0.05) is 42.5 Å². The number of benzene rings is 3. The number of nitrogens with zero attached hydrogens (tertiary/aromatic N) is 6. The summed E-state index contributed by atoms with van der Waals surface area (Å²) < 4.78 is 53.3. The van der Waals surface area contributed by atoms with Crippen LogP contribution in [0.25, 0.3) is 10.8 Å². The van der Waals surface area contributed by atoms with E-state index in [1.54, 1.807) is 0 Å². The third kappa shape index (κ3) is 6.55. The van der Waals surface area contributed by atoms with Crippen LogP contribution in [0.5, 0.6) is 11.8 Å². The van der Waals surface area contributed by atoms with Gasteiger partial charge in [-0.3, -0.25) is 9.80 Å². The van der Waals surface area contributed by atoms with Crippen LogP contribution in [0.4, 0.5) is 25.1 Å². The van der Waals surface area contributed by atoms with Crippen molar-refractivity contribution in [2.24, 2.45) is 0 Å². The van der Waals surface area contributed by atoms with E-state index in [-0.39, 0.29) is 48.9 Å². The number of anilines is 2. The van der Waals surface area contributed by atoms with Crippen molar-refractivity contribution in [3.63, 3.8) is 0 Å². The predicted molar refractivity (Wildman–Crippen MR) is 199 cm³/mol. The Kier molecular flexibility index (Phi) is 9.38. The Morgan fingerprint density at radius 3 is 2.61 bits per heavy atom. The molecule has 0 saturated carbocycles. The molecule has 4 aromatic rings. The molecule has 2 bridgehead atoms. The molecule has 5 aliphatic heterocycles. The molecule has 4 atom stereocenters. The molecule has 13 heteroatoms. The second kappa shape index (κ2) is 14.5. The zero-order valence-corrected chi connectivity index (χ0v) is 30.6. The van der Waals surface area contributed by atoms with E-state index in [1.165, 1.54) is 13.2 Å². The first-order valence-electron chi connectivity index (χ1n) is 19.1. The summed E-state index contributed by atoms with van der Waals surface area (Å²) in [5.41, 5.74) is 3.25.